The van der Waals surface area contributed by atoms with Gasteiger partial charge in [-0.2, -0.15) is 0 Å². The van der Waals surface area contributed by atoms with E-state index in [1.165, 1.54) is 6.33 Å². The molecule has 0 unspecified atom stereocenters. The van der Waals surface area contributed by atoms with Crippen LogP contribution in [-0.2, 0) is 16.0 Å². The second kappa shape index (κ2) is 9.86. The molecule has 0 radical (unpaired) electrons. The average molecular weight is 386 g/mol. The lowest BCUT2D eigenvalue weighted by molar-refractivity contribution is -0.118. The topological polar surface area (TPSA) is 159 Å². The van der Waals surface area contributed by atoms with Crippen LogP contribution < -0.4 is 27.2 Å². The number of nitrogens with zero attached hydrogens (tertiary/aromatic N) is 1. The summed E-state index contributed by atoms with van der Waals surface area (Å²) >= 11 is 0. The van der Waals surface area contributed by atoms with Crippen molar-refractivity contribution in [2.75, 3.05) is 17.2 Å². The zero-order chi connectivity index (χ0) is 20.5. The Labute approximate surface area is 160 Å². The Balaban J connectivity index is 1.87. The maximum atomic E-state index is 12.2. The van der Waals surface area contributed by atoms with E-state index in [2.05, 4.69) is 25.9 Å². The fourth-order valence-corrected chi connectivity index (χ4v) is 2.42. The quantitative estimate of drug-likeness (QED) is 0.450. The number of carbonyl (C=O) groups is 3. The van der Waals surface area contributed by atoms with E-state index in [0.29, 0.717) is 22.6 Å². The van der Waals surface area contributed by atoms with Crippen molar-refractivity contribution >= 4 is 29.2 Å². The van der Waals surface area contributed by atoms with Crippen molar-refractivity contribution in [1.82, 2.24) is 15.3 Å². The molecule has 10 nitrogen and oxygen atoms in total. The first-order chi connectivity index (χ1) is 13.3. The summed E-state index contributed by atoms with van der Waals surface area (Å²) in [5.41, 5.74) is 6.77. The molecule has 1 aromatic heterocycles. The van der Waals surface area contributed by atoms with Gasteiger partial charge >= 0.3 is 6.03 Å². The molecule has 2 aromatic rings. The van der Waals surface area contributed by atoms with E-state index in [1.807, 2.05) is 0 Å². The van der Waals surface area contributed by atoms with Crippen molar-refractivity contribution in [3.8, 4) is 0 Å². The Morgan fingerprint density at radius 2 is 1.86 bits per heavy atom. The van der Waals surface area contributed by atoms with E-state index in [0.717, 1.165) is 0 Å². The second-order valence-corrected chi connectivity index (χ2v) is 6.02. The number of primary amides is 1. The maximum absolute atomic E-state index is 12.2. The molecule has 0 aliphatic rings. The maximum Gasteiger partial charge on any atom is 0.319 e. The van der Waals surface area contributed by atoms with E-state index in [4.69, 9.17) is 5.73 Å². The highest BCUT2D eigenvalue weighted by molar-refractivity contribution is 5.93. The highest BCUT2D eigenvalue weighted by Gasteiger charge is 2.09. The highest BCUT2D eigenvalue weighted by atomic mass is 16.2. The molecule has 10 heteroatoms. The number of nitrogens with two attached hydrogens (primary N) is 1. The molecule has 1 heterocycles. The van der Waals surface area contributed by atoms with E-state index >= 15 is 0 Å². The minimum absolute atomic E-state index is 0.0444. The van der Waals surface area contributed by atoms with Gasteiger partial charge in [0.15, 0.2) is 0 Å². The summed E-state index contributed by atoms with van der Waals surface area (Å²) in [4.78, 5) is 52.8. The van der Waals surface area contributed by atoms with Gasteiger partial charge in [-0.25, -0.2) is 9.78 Å². The van der Waals surface area contributed by atoms with Crippen LogP contribution in [0.2, 0.25) is 0 Å². The number of hydrogen-bond donors (Lipinski definition) is 5. The van der Waals surface area contributed by atoms with Gasteiger partial charge in [-0.3, -0.25) is 14.4 Å². The van der Waals surface area contributed by atoms with Crippen molar-refractivity contribution in [3.63, 3.8) is 0 Å². The number of hydrogen-bond acceptors (Lipinski definition) is 5. The Morgan fingerprint density at radius 3 is 2.54 bits per heavy atom. The molecular weight excluding hydrogens is 364 g/mol. The Hall–Kier alpha value is -3.69. The van der Waals surface area contributed by atoms with Crippen LogP contribution in [-0.4, -0.2) is 34.4 Å². The van der Waals surface area contributed by atoms with Gasteiger partial charge in [0.05, 0.1) is 6.33 Å². The molecule has 2 rings (SSSR count). The average Bonchev–Trinajstić information content (AvgIpc) is 2.61. The van der Waals surface area contributed by atoms with Crippen LogP contribution in [0.1, 0.15) is 24.1 Å². The van der Waals surface area contributed by atoms with Gasteiger partial charge in [-0.15, -0.1) is 0 Å². The minimum Gasteiger partial charge on any atom is -0.370 e. The fraction of sp³-hybridized carbons (Fsp3) is 0.278. The predicted molar refractivity (Wildman–Crippen MR) is 104 cm³/mol. The number of H-pyrrole nitrogens is 1. The number of aromatic nitrogens is 2. The smallest absolute Gasteiger partial charge is 0.319 e. The van der Waals surface area contributed by atoms with Crippen LogP contribution in [0.15, 0.2) is 35.4 Å². The van der Waals surface area contributed by atoms with Crippen LogP contribution in [0, 0.1) is 6.92 Å². The lowest BCUT2D eigenvalue weighted by Gasteiger charge is -2.10. The molecule has 28 heavy (non-hydrogen) atoms. The van der Waals surface area contributed by atoms with Gasteiger partial charge in [0.1, 0.15) is 0 Å². The van der Waals surface area contributed by atoms with Gasteiger partial charge in [0.2, 0.25) is 11.8 Å². The molecule has 148 valence electrons. The van der Waals surface area contributed by atoms with Crippen molar-refractivity contribution in [3.05, 3.63) is 52.2 Å². The molecule has 0 aliphatic heterocycles. The highest BCUT2D eigenvalue weighted by Crippen LogP contribution is 2.15. The first kappa shape index (κ1) is 20.6. The number of urea groups is 1. The minimum atomic E-state index is -0.506. The Morgan fingerprint density at radius 1 is 1.14 bits per heavy atom. The number of amides is 4. The molecule has 0 spiro atoms. The number of anilines is 2. The Kier molecular flexibility index (Phi) is 7.26. The van der Waals surface area contributed by atoms with Gasteiger partial charge in [-0.1, -0.05) is 6.07 Å². The van der Waals surface area contributed by atoms with E-state index < -0.39 is 11.9 Å². The van der Waals surface area contributed by atoms with Gasteiger partial charge in [0, 0.05) is 42.0 Å². The summed E-state index contributed by atoms with van der Waals surface area (Å²) in [5, 5.41) is 7.81. The first-order valence-electron chi connectivity index (χ1n) is 8.61. The van der Waals surface area contributed by atoms with Crippen LogP contribution in [0.25, 0.3) is 0 Å². The molecule has 0 aliphatic carbocycles. The lowest BCUT2D eigenvalue weighted by atomic mass is 10.1. The molecule has 0 saturated heterocycles. The standard InChI is InChI=1S/C18H22N6O4/c1-11-14(17(27)22-10-21-11)5-6-16(26)23-12-3-2-4-13(9-12)24-18(28)20-8-7-15(19)25/h2-4,9-10H,5-8H2,1H3,(H2,19,25)(H,23,26)(H2,20,24,28)(H,21,22,27). The molecule has 0 bridgehead atoms. The molecule has 0 fully saturated rings. The predicted octanol–water partition coefficient (Wildman–Crippen LogP) is 0.647. The SMILES string of the molecule is Cc1nc[nH]c(=O)c1CCC(=O)Nc1cccc(NC(=O)NCCC(N)=O)c1. The number of aromatic amines is 1. The number of carbonyl (C=O) groups excluding carboxylic acids is 3. The first-order valence-corrected chi connectivity index (χ1v) is 8.61. The summed E-state index contributed by atoms with van der Waals surface area (Å²) in [5.74, 6) is -0.779. The number of nitrogens with one attached hydrogen (secondary N) is 4. The van der Waals surface area contributed by atoms with Crippen LogP contribution in [0.4, 0.5) is 16.2 Å². The molecule has 6 N–H and O–H groups in total. The van der Waals surface area contributed by atoms with Crippen molar-refractivity contribution in [2.24, 2.45) is 5.73 Å². The summed E-state index contributed by atoms with van der Waals surface area (Å²) < 4.78 is 0. The number of rotatable bonds is 8. The molecule has 0 saturated carbocycles. The van der Waals surface area contributed by atoms with E-state index in [9.17, 15) is 19.2 Å². The van der Waals surface area contributed by atoms with E-state index in [-0.39, 0.29) is 37.3 Å². The second-order valence-electron chi connectivity index (χ2n) is 6.02. The van der Waals surface area contributed by atoms with E-state index in [1.54, 1.807) is 31.2 Å². The number of aryl methyl sites for hydroxylation is 1. The zero-order valence-corrected chi connectivity index (χ0v) is 15.4. The molecular formula is C18H22N6O4. The molecule has 0 atom stereocenters. The van der Waals surface area contributed by atoms with Gasteiger partial charge in [-0.05, 0) is 31.5 Å². The largest absolute Gasteiger partial charge is 0.370 e. The lowest BCUT2D eigenvalue weighted by Crippen LogP contribution is -2.31. The molecule has 1 aromatic carbocycles. The number of benzene rings is 1. The monoisotopic (exact) mass is 386 g/mol. The summed E-state index contributed by atoms with van der Waals surface area (Å²) in [6, 6.07) is 6.10. The van der Waals surface area contributed by atoms with Crippen molar-refractivity contribution < 1.29 is 14.4 Å². The summed E-state index contributed by atoms with van der Waals surface area (Å²) in [6.07, 6.45) is 1.74. The zero-order valence-electron chi connectivity index (χ0n) is 15.4. The molecule has 4 amide bonds. The third-order valence-electron chi connectivity index (χ3n) is 3.83. The van der Waals surface area contributed by atoms with Gasteiger partial charge < -0.3 is 26.7 Å². The Bertz CT molecular complexity index is 924. The normalized spacial score (nSPS) is 10.2. The van der Waals surface area contributed by atoms with Crippen molar-refractivity contribution in [2.45, 2.75) is 26.2 Å². The third kappa shape index (κ3) is 6.56. The van der Waals surface area contributed by atoms with Crippen LogP contribution in [0.3, 0.4) is 0 Å². The van der Waals surface area contributed by atoms with Crippen LogP contribution in [0.5, 0.6) is 0 Å². The van der Waals surface area contributed by atoms with Crippen LogP contribution >= 0.6 is 0 Å². The van der Waals surface area contributed by atoms with Crippen molar-refractivity contribution in [1.29, 1.82) is 0 Å². The summed E-state index contributed by atoms with van der Waals surface area (Å²) in [7, 11) is 0. The fourth-order valence-electron chi connectivity index (χ4n) is 2.42. The van der Waals surface area contributed by atoms with Gasteiger partial charge in [0.25, 0.3) is 5.56 Å². The third-order valence-corrected chi connectivity index (χ3v) is 3.83. The summed E-state index contributed by atoms with van der Waals surface area (Å²) in [6.45, 7) is 1.84.